The lowest BCUT2D eigenvalue weighted by molar-refractivity contribution is -0.134. The quantitative estimate of drug-likeness (QED) is 0.647. The normalized spacial score (nSPS) is 17.5. The number of carbonyl (C=O) groups excluding carboxylic acids is 1. The molecule has 0 N–H and O–H groups in total. The average molecular weight is 238 g/mol. The first kappa shape index (κ1) is 13.9. The fraction of sp³-hybridized carbons (Fsp3) is 0.833. The minimum atomic E-state index is 0.141. The van der Waals surface area contributed by atoms with E-state index in [1.807, 2.05) is 23.6 Å². The van der Waals surface area contributed by atoms with Crippen molar-refractivity contribution >= 4 is 5.91 Å². The second kappa shape index (κ2) is 6.58. The minimum absolute atomic E-state index is 0.141. The van der Waals surface area contributed by atoms with Gasteiger partial charge in [0, 0.05) is 32.2 Å². The van der Waals surface area contributed by atoms with Crippen molar-refractivity contribution in [3.63, 3.8) is 0 Å². The highest BCUT2D eigenvalue weighted by Crippen LogP contribution is 2.03. The molecule has 1 amide bonds. The molecule has 1 aliphatic rings. The van der Waals surface area contributed by atoms with E-state index in [1.165, 1.54) is 0 Å². The molecule has 96 valence electrons. The Morgan fingerprint density at radius 1 is 1.35 bits per heavy atom. The molecule has 5 heteroatoms. The van der Waals surface area contributed by atoms with Crippen LogP contribution in [0.3, 0.4) is 0 Å². The molecule has 0 saturated carbocycles. The molecule has 1 fully saturated rings. The van der Waals surface area contributed by atoms with Crippen LogP contribution in [0.4, 0.5) is 0 Å². The van der Waals surface area contributed by atoms with Crippen LogP contribution in [0.5, 0.6) is 0 Å². The summed E-state index contributed by atoms with van der Waals surface area (Å²) in [5.74, 6) is 0.141. The van der Waals surface area contributed by atoms with Gasteiger partial charge in [-0.05, 0) is 20.9 Å². The zero-order valence-electron chi connectivity index (χ0n) is 11.0. The fourth-order valence-electron chi connectivity index (χ4n) is 1.84. The van der Waals surface area contributed by atoms with E-state index in [0.717, 1.165) is 26.2 Å². The predicted octanol–water partition coefficient (Wildman–Crippen LogP) is -0.00562. The van der Waals surface area contributed by atoms with Gasteiger partial charge in [-0.25, -0.2) is 0 Å². The number of carbonyl (C=O) groups is 1. The third-order valence-electron chi connectivity index (χ3n) is 3.20. The summed E-state index contributed by atoms with van der Waals surface area (Å²) in [6, 6.07) is 2.34. The summed E-state index contributed by atoms with van der Waals surface area (Å²) in [6.45, 7) is 8.16. The van der Waals surface area contributed by atoms with Crippen LogP contribution >= 0.6 is 0 Å². The Hall–Kier alpha value is -1.12. The standard InChI is InChI=1S/C12H22N4O/c1-11(2)16(5-4-13)10-12(17)15-8-6-14(3)7-9-15/h11H,5-10H2,1-3H3. The zero-order chi connectivity index (χ0) is 12.8. The lowest BCUT2D eigenvalue weighted by Gasteiger charge is -2.34. The molecule has 0 aliphatic carbocycles. The Kier molecular flexibility index (Phi) is 5.39. The highest BCUT2D eigenvalue weighted by atomic mass is 16.2. The van der Waals surface area contributed by atoms with Crippen molar-refractivity contribution in [1.82, 2.24) is 14.7 Å². The number of likely N-dealkylation sites (N-methyl/N-ethyl adjacent to an activating group) is 1. The largest absolute Gasteiger partial charge is 0.339 e. The summed E-state index contributed by atoms with van der Waals surface area (Å²) in [5, 5.41) is 8.72. The van der Waals surface area contributed by atoms with Crippen molar-refractivity contribution in [1.29, 1.82) is 5.26 Å². The topological polar surface area (TPSA) is 50.6 Å². The smallest absolute Gasteiger partial charge is 0.236 e. The van der Waals surface area contributed by atoms with Gasteiger partial charge in [-0.15, -0.1) is 0 Å². The lowest BCUT2D eigenvalue weighted by Crippen LogP contribution is -2.50. The van der Waals surface area contributed by atoms with Gasteiger partial charge >= 0.3 is 0 Å². The van der Waals surface area contributed by atoms with Gasteiger partial charge in [0.25, 0.3) is 0 Å². The number of hydrogen-bond donors (Lipinski definition) is 0. The van der Waals surface area contributed by atoms with Crippen molar-refractivity contribution in [3.8, 4) is 6.07 Å². The number of hydrogen-bond acceptors (Lipinski definition) is 4. The van der Waals surface area contributed by atoms with Crippen LogP contribution in [-0.2, 0) is 4.79 Å². The molecule has 5 nitrogen and oxygen atoms in total. The maximum atomic E-state index is 12.1. The molecule has 0 aromatic heterocycles. The van der Waals surface area contributed by atoms with Crippen molar-refractivity contribution in [2.24, 2.45) is 0 Å². The van der Waals surface area contributed by atoms with Gasteiger partial charge in [0.2, 0.25) is 5.91 Å². The highest BCUT2D eigenvalue weighted by Gasteiger charge is 2.21. The molecule has 17 heavy (non-hydrogen) atoms. The van der Waals surface area contributed by atoms with Gasteiger partial charge < -0.3 is 9.80 Å². The Labute approximate surface area is 104 Å². The van der Waals surface area contributed by atoms with E-state index in [9.17, 15) is 4.79 Å². The van der Waals surface area contributed by atoms with Gasteiger partial charge in [0.1, 0.15) is 0 Å². The SMILES string of the molecule is CC(C)N(CC#N)CC(=O)N1CCN(C)CC1. The minimum Gasteiger partial charge on any atom is -0.339 e. The summed E-state index contributed by atoms with van der Waals surface area (Å²) in [4.78, 5) is 18.1. The third-order valence-corrected chi connectivity index (χ3v) is 3.20. The monoisotopic (exact) mass is 238 g/mol. The molecule has 1 aliphatic heterocycles. The summed E-state index contributed by atoms with van der Waals surface area (Å²) in [5.41, 5.74) is 0. The van der Waals surface area contributed by atoms with Gasteiger partial charge in [-0.3, -0.25) is 9.69 Å². The average Bonchev–Trinajstić information content (AvgIpc) is 2.29. The number of nitrogens with zero attached hydrogens (tertiary/aromatic N) is 4. The Morgan fingerprint density at radius 3 is 2.41 bits per heavy atom. The summed E-state index contributed by atoms with van der Waals surface area (Å²) < 4.78 is 0. The van der Waals surface area contributed by atoms with E-state index in [4.69, 9.17) is 5.26 Å². The number of piperazine rings is 1. The van der Waals surface area contributed by atoms with Crippen LogP contribution in [-0.4, -0.2) is 73.0 Å². The first-order valence-corrected chi connectivity index (χ1v) is 6.12. The molecule has 0 aromatic rings. The van der Waals surface area contributed by atoms with Crippen LogP contribution in [0.15, 0.2) is 0 Å². The van der Waals surface area contributed by atoms with Crippen LogP contribution < -0.4 is 0 Å². The molecule has 0 aromatic carbocycles. The Bertz CT molecular complexity index is 289. The zero-order valence-corrected chi connectivity index (χ0v) is 11.0. The first-order valence-electron chi connectivity index (χ1n) is 6.12. The first-order chi connectivity index (χ1) is 8.04. The van der Waals surface area contributed by atoms with Crippen LogP contribution in [0.25, 0.3) is 0 Å². The second-order valence-electron chi connectivity index (χ2n) is 4.84. The second-order valence-corrected chi connectivity index (χ2v) is 4.84. The molecular formula is C12H22N4O. The third kappa shape index (κ3) is 4.33. The summed E-state index contributed by atoms with van der Waals surface area (Å²) in [7, 11) is 2.07. The van der Waals surface area contributed by atoms with Crippen LogP contribution in [0.2, 0.25) is 0 Å². The molecule has 0 bridgehead atoms. The molecule has 0 unspecified atom stereocenters. The van der Waals surface area contributed by atoms with Crippen molar-refractivity contribution in [2.75, 3.05) is 46.3 Å². The van der Waals surface area contributed by atoms with E-state index in [1.54, 1.807) is 0 Å². The number of amides is 1. The van der Waals surface area contributed by atoms with Crippen molar-refractivity contribution in [2.45, 2.75) is 19.9 Å². The fourth-order valence-corrected chi connectivity index (χ4v) is 1.84. The summed E-state index contributed by atoms with van der Waals surface area (Å²) >= 11 is 0. The predicted molar refractivity (Wildman–Crippen MR) is 66.4 cm³/mol. The molecule has 0 atom stereocenters. The molecule has 0 radical (unpaired) electrons. The van der Waals surface area contributed by atoms with Gasteiger partial charge in [-0.2, -0.15) is 5.26 Å². The summed E-state index contributed by atoms with van der Waals surface area (Å²) in [6.07, 6.45) is 0. The van der Waals surface area contributed by atoms with Gasteiger partial charge in [-0.1, -0.05) is 0 Å². The van der Waals surface area contributed by atoms with Crippen molar-refractivity contribution in [3.05, 3.63) is 0 Å². The van der Waals surface area contributed by atoms with Crippen molar-refractivity contribution < 1.29 is 4.79 Å². The maximum absolute atomic E-state index is 12.1. The number of rotatable bonds is 4. The molecule has 1 rings (SSSR count). The van der Waals surface area contributed by atoms with Crippen LogP contribution in [0, 0.1) is 11.3 Å². The highest BCUT2D eigenvalue weighted by molar-refractivity contribution is 5.78. The lowest BCUT2D eigenvalue weighted by atomic mass is 10.2. The Morgan fingerprint density at radius 2 is 1.94 bits per heavy atom. The Balaban J connectivity index is 2.44. The van der Waals surface area contributed by atoms with Gasteiger partial charge in [0.05, 0.1) is 19.2 Å². The molecular weight excluding hydrogens is 216 g/mol. The van der Waals surface area contributed by atoms with E-state index >= 15 is 0 Å². The molecule has 1 heterocycles. The van der Waals surface area contributed by atoms with E-state index in [0.29, 0.717) is 13.1 Å². The van der Waals surface area contributed by atoms with Gasteiger partial charge in [0.15, 0.2) is 0 Å². The molecule has 1 saturated heterocycles. The van der Waals surface area contributed by atoms with E-state index in [-0.39, 0.29) is 11.9 Å². The number of nitriles is 1. The molecule has 0 spiro atoms. The maximum Gasteiger partial charge on any atom is 0.236 e. The van der Waals surface area contributed by atoms with E-state index in [2.05, 4.69) is 18.0 Å². The van der Waals surface area contributed by atoms with E-state index < -0.39 is 0 Å². The van der Waals surface area contributed by atoms with Crippen LogP contribution in [0.1, 0.15) is 13.8 Å².